The Morgan fingerprint density at radius 1 is 1.41 bits per heavy atom. The van der Waals surface area contributed by atoms with Crippen molar-refractivity contribution >= 4 is 33.0 Å². The van der Waals surface area contributed by atoms with Gasteiger partial charge in [0.2, 0.25) is 0 Å². The first kappa shape index (κ1) is 12.2. The van der Waals surface area contributed by atoms with Crippen molar-refractivity contribution in [2.75, 3.05) is 5.32 Å². The van der Waals surface area contributed by atoms with Crippen LogP contribution in [0, 0.1) is 19.3 Å². The highest BCUT2D eigenvalue weighted by Gasteiger charge is 2.02. The molecule has 86 valence electrons. The monoisotopic (exact) mass is 305 g/mol. The lowest BCUT2D eigenvalue weighted by molar-refractivity contribution is 1.19. The summed E-state index contributed by atoms with van der Waals surface area (Å²) in [7, 11) is 0. The van der Waals surface area contributed by atoms with Crippen molar-refractivity contribution in [3.05, 3.63) is 50.1 Å². The summed E-state index contributed by atoms with van der Waals surface area (Å²) in [4.78, 5) is 2.61. The molecule has 1 aromatic carbocycles. The van der Waals surface area contributed by atoms with Crippen molar-refractivity contribution < 1.29 is 0 Å². The summed E-state index contributed by atoms with van der Waals surface area (Å²) >= 11 is 5.32. The largest absolute Gasteiger partial charge is 0.380 e. The predicted molar refractivity (Wildman–Crippen MR) is 78.5 cm³/mol. The summed E-state index contributed by atoms with van der Waals surface area (Å²) in [6.07, 6.45) is 5.37. The summed E-state index contributed by atoms with van der Waals surface area (Å²) in [6.45, 7) is 2.93. The molecule has 0 amide bonds. The Hall–Kier alpha value is -1.24. The van der Waals surface area contributed by atoms with E-state index in [-0.39, 0.29) is 0 Å². The Kier molecular flexibility index (Phi) is 3.88. The molecule has 0 aliphatic carbocycles. The molecule has 2 rings (SSSR count). The molecule has 0 saturated heterocycles. The van der Waals surface area contributed by atoms with E-state index in [0.717, 1.165) is 17.8 Å². The lowest BCUT2D eigenvalue weighted by Gasteiger charge is -2.04. The van der Waals surface area contributed by atoms with Crippen molar-refractivity contribution in [3.63, 3.8) is 0 Å². The van der Waals surface area contributed by atoms with E-state index in [1.807, 2.05) is 24.3 Å². The minimum absolute atomic E-state index is 0.825. The minimum atomic E-state index is 0.825. The lowest BCUT2D eigenvalue weighted by Crippen LogP contribution is -1.97. The molecule has 0 spiro atoms. The number of rotatable bonds is 3. The third kappa shape index (κ3) is 3.12. The van der Waals surface area contributed by atoms with Crippen molar-refractivity contribution in [2.24, 2.45) is 0 Å². The molecule has 1 nitrogen and oxygen atoms in total. The van der Waals surface area contributed by atoms with Gasteiger partial charge >= 0.3 is 0 Å². The zero-order chi connectivity index (χ0) is 12.3. The first-order chi connectivity index (χ1) is 8.19. The zero-order valence-electron chi connectivity index (χ0n) is 9.46. The highest BCUT2D eigenvalue weighted by Crippen LogP contribution is 2.26. The molecule has 0 atom stereocenters. The summed E-state index contributed by atoms with van der Waals surface area (Å²) in [5, 5.41) is 3.37. The number of halogens is 1. The first-order valence-electron chi connectivity index (χ1n) is 5.24. The van der Waals surface area contributed by atoms with E-state index < -0.39 is 0 Å². The lowest BCUT2D eigenvalue weighted by atomic mass is 10.2. The van der Waals surface area contributed by atoms with Gasteiger partial charge in [-0.3, -0.25) is 0 Å². The summed E-state index contributed by atoms with van der Waals surface area (Å²) < 4.78 is 1.18. The highest BCUT2D eigenvalue weighted by molar-refractivity contribution is 9.10. The van der Waals surface area contributed by atoms with Crippen LogP contribution in [0.5, 0.6) is 0 Å². The number of benzene rings is 1. The Morgan fingerprint density at radius 3 is 2.88 bits per heavy atom. The van der Waals surface area contributed by atoms with Gasteiger partial charge in [0.1, 0.15) is 0 Å². The number of nitrogens with one attached hydrogen (secondary N) is 1. The van der Waals surface area contributed by atoms with Gasteiger partial charge in [0.25, 0.3) is 0 Å². The Labute approximate surface area is 114 Å². The Balaban J connectivity index is 2.05. The average molecular weight is 306 g/mol. The maximum atomic E-state index is 5.37. The molecule has 0 unspecified atom stereocenters. The van der Waals surface area contributed by atoms with Gasteiger partial charge in [-0.2, -0.15) is 0 Å². The third-order valence-electron chi connectivity index (χ3n) is 2.40. The van der Waals surface area contributed by atoms with E-state index in [2.05, 4.69) is 40.2 Å². The fourth-order valence-electron chi connectivity index (χ4n) is 1.51. The van der Waals surface area contributed by atoms with Gasteiger partial charge in [-0.25, -0.2) is 0 Å². The van der Waals surface area contributed by atoms with Gasteiger partial charge in [-0.05, 0) is 47.1 Å². The molecule has 1 aromatic heterocycles. The van der Waals surface area contributed by atoms with Gasteiger partial charge < -0.3 is 5.32 Å². The van der Waals surface area contributed by atoms with Crippen molar-refractivity contribution in [1.82, 2.24) is 0 Å². The smallest absolute Gasteiger partial charge is 0.0494 e. The fourth-order valence-corrected chi connectivity index (χ4v) is 3.05. The molecule has 0 aliphatic heterocycles. The standard InChI is InChI=1S/C14H12BrNS/c1-3-11-5-4-6-12(7-11)16-9-13-8-14(15)10(2)17-13/h1,4-8,16H,9H2,2H3. The van der Waals surface area contributed by atoms with Crippen LogP contribution in [0.4, 0.5) is 5.69 Å². The topological polar surface area (TPSA) is 12.0 Å². The molecule has 2 aromatic rings. The number of anilines is 1. The predicted octanol–water partition coefficient (Wildman–Crippen LogP) is 4.41. The Morgan fingerprint density at radius 2 is 2.24 bits per heavy atom. The molecule has 1 N–H and O–H groups in total. The van der Waals surface area contributed by atoms with Crippen molar-refractivity contribution in [3.8, 4) is 12.3 Å². The van der Waals surface area contributed by atoms with Crippen molar-refractivity contribution in [1.29, 1.82) is 0 Å². The molecular weight excluding hydrogens is 294 g/mol. The van der Waals surface area contributed by atoms with Crippen LogP contribution in [0.25, 0.3) is 0 Å². The van der Waals surface area contributed by atoms with Crippen LogP contribution < -0.4 is 5.32 Å². The number of hydrogen-bond acceptors (Lipinski definition) is 2. The van der Waals surface area contributed by atoms with E-state index in [9.17, 15) is 0 Å². The second-order valence-electron chi connectivity index (χ2n) is 3.70. The normalized spacial score (nSPS) is 9.94. The number of thiophene rings is 1. The molecule has 0 bridgehead atoms. The molecular formula is C14H12BrNS. The number of aryl methyl sites for hydroxylation is 1. The van der Waals surface area contributed by atoms with E-state index >= 15 is 0 Å². The highest BCUT2D eigenvalue weighted by atomic mass is 79.9. The minimum Gasteiger partial charge on any atom is -0.380 e. The van der Waals surface area contributed by atoms with Crippen LogP contribution in [-0.4, -0.2) is 0 Å². The summed E-state index contributed by atoms with van der Waals surface area (Å²) in [5.74, 6) is 2.63. The van der Waals surface area contributed by atoms with Crippen LogP contribution in [-0.2, 0) is 6.54 Å². The molecule has 1 heterocycles. The van der Waals surface area contributed by atoms with Gasteiger partial charge in [-0.15, -0.1) is 17.8 Å². The van der Waals surface area contributed by atoms with Gasteiger partial charge in [0, 0.05) is 32.0 Å². The van der Waals surface area contributed by atoms with E-state index in [1.165, 1.54) is 14.2 Å². The van der Waals surface area contributed by atoms with Gasteiger partial charge in [0.15, 0.2) is 0 Å². The van der Waals surface area contributed by atoms with Crippen molar-refractivity contribution in [2.45, 2.75) is 13.5 Å². The van der Waals surface area contributed by atoms with Gasteiger partial charge in [-0.1, -0.05) is 12.0 Å². The molecule has 0 fully saturated rings. The Bertz CT molecular complexity index is 546. The second kappa shape index (κ2) is 5.39. The van der Waals surface area contributed by atoms with Crippen LogP contribution in [0.15, 0.2) is 34.8 Å². The maximum Gasteiger partial charge on any atom is 0.0494 e. The summed E-state index contributed by atoms with van der Waals surface area (Å²) in [6, 6.07) is 10.0. The molecule has 17 heavy (non-hydrogen) atoms. The second-order valence-corrected chi connectivity index (χ2v) is 5.89. The third-order valence-corrected chi connectivity index (χ3v) is 4.54. The van der Waals surface area contributed by atoms with E-state index in [0.29, 0.717) is 0 Å². The quantitative estimate of drug-likeness (QED) is 0.828. The maximum absolute atomic E-state index is 5.37. The van der Waals surface area contributed by atoms with Gasteiger partial charge in [0.05, 0.1) is 0 Å². The van der Waals surface area contributed by atoms with Crippen LogP contribution >= 0.6 is 27.3 Å². The number of hydrogen-bond donors (Lipinski definition) is 1. The molecule has 3 heteroatoms. The van der Waals surface area contributed by atoms with E-state index in [1.54, 1.807) is 11.3 Å². The van der Waals surface area contributed by atoms with Crippen LogP contribution in [0.2, 0.25) is 0 Å². The zero-order valence-corrected chi connectivity index (χ0v) is 11.9. The van der Waals surface area contributed by atoms with Crippen LogP contribution in [0.1, 0.15) is 15.3 Å². The van der Waals surface area contributed by atoms with E-state index in [4.69, 9.17) is 6.42 Å². The number of terminal acetylenes is 1. The molecule has 0 saturated carbocycles. The summed E-state index contributed by atoms with van der Waals surface area (Å²) in [5.41, 5.74) is 1.96. The molecule has 0 aliphatic rings. The first-order valence-corrected chi connectivity index (χ1v) is 6.85. The molecule has 0 radical (unpaired) electrons. The fraction of sp³-hybridized carbons (Fsp3) is 0.143. The SMILES string of the molecule is C#Cc1cccc(NCc2cc(Br)c(C)s2)c1. The average Bonchev–Trinajstić information content (AvgIpc) is 2.67. The van der Waals surface area contributed by atoms with Crippen LogP contribution in [0.3, 0.4) is 0 Å².